The highest BCUT2D eigenvalue weighted by Crippen LogP contribution is 2.23. The fourth-order valence-electron chi connectivity index (χ4n) is 2.00. The van der Waals surface area contributed by atoms with Gasteiger partial charge in [0.05, 0.1) is 0 Å². The van der Waals surface area contributed by atoms with Gasteiger partial charge in [0.1, 0.15) is 18.2 Å². The van der Waals surface area contributed by atoms with E-state index < -0.39 is 0 Å². The van der Waals surface area contributed by atoms with Crippen LogP contribution >= 0.6 is 15.9 Å². The molecule has 0 unspecified atom stereocenters. The molecule has 4 heteroatoms. The highest BCUT2D eigenvalue weighted by Gasteiger charge is 2.07. The highest BCUT2D eigenvalue weighted by molar-refractivity contribution is 9.10. The van der Waals surface area contributed by atoms with Crippen molar-refractivity contribution in [3.8, 4) is 5.75 Å². The van der Waals surface area contributed by atoms with Gasteiger partial charge >= 0.3 is 0 Å². The lowest BCUT2D eigenvalue weighted by Gasteiger charge is -2.13. The second-order valence-corrected chi connectivity index (χ2v) is 5.66. The van der Waals surface area contributed by atoms with Crippen LogP contribution in [0.25, 0.3) is 0 Å². The largest absolute Gasteiger partial charge is 0.489 e. The molecule has 0 bridgehead atoms. The maximum Gasteiger partial charge on any atom is 0.124 e. The Labute approximate surface area is 133 Å². The lowest BCUT2D eigenvalue weighted by molar-refractivity contribution is 0.301. The van der Waals surface area contributed by atoms with Crippen molar-refractivity contribution in [1.82, 2.24) is 5.32 Å². The Morgan fingerprint density at radius 3 is 2.71 bits per heavy atom. The molecule has 0 radical (unpaired) electrons. The van der Waals surface area contributed by atoms with E-state index in [4.69, 9.17) is 4.74 Å². The van der Waals surface area contributed by atoms with Gasteiger partial charge in [-0.05, 0) is 37.2 Å². The van der Waals surface area contributed by atoms with E-state index in [0.717, 1.165) is 34.3 Å². The third-order valence-electron chi connectivity index (χ3n) is 3.11. The van der Waals surface area contributed by atoms with Crippen LogP contribution < -0.4 is 10.1 Å². The lowest BCUT2D eigenvalue weighted by Crippen LogP contribution is -2.15. The number of halogens is 2. The molecule has 0 aliphatic heterocycles. The van der Waals surface area contributed by atoms with Crippen LogP contribution in [0.4, 0.5) is 4.39 Å². The second-order valence-electron chi connectivity index (χ2n) is 4.81. The molecular formula is C17H19BrFNO. The topological polar surface area (TPSA) is 21.3 Å². The van der Waals surface area contributed by atoms with Gasteiger partial charge in [-0.1, -0.05) is 41.1 Å². The number of rotatable bonds is 7. The standard InChI is InChI=1S/C17H19BrFNO/c1-2-9-20-11-14-10-15(19)7-8-17(14)21-12-13-5-3-4-6-16(13)18/h3-8,10,20H,2,9,11-12H2,1H3. The molecule has 0 aliphatic rings. The van der Waals surface area contributed by atoms with Gasteiger partial charge in [-0.15, -0.1) is 0 Å². The summed E-state index contributed by atoms with van der Waals surface area (Å²) in [6, 6.07) is 12.6. The molecule has 21 heavy (non-hydrogen) atoms. The van der Waals surface area contributed by atoms with Gasteiger partial charge in [0.2, 0.25) is 0 Å². The zero-order chi connectivity index (χ0) is 15.1. The molecule has 0 saturated carbocycles. The van der Waals surface area contributed by atoms with Gasteiger partial charge in [-0.2, -0.15) is 0 Å². The molecule has 2 aromatic carbocycles. The van der Waals surface area contributed by atoms with Crippen LogP contribution in [-0.4, -0.2) is 6.54 Å². The van der Waals surface area contributed by atoms with Gasteiger partial charge in [0, 0.05) is 22.1 Å². The van der Waals surface area contributed by atoms with Crippen LogP contribution in [0.15, 0.2) is 46.9 Å². The molecule has 0 amide bonds. The van der Waals surface area contributed by atoms with Crippen molar-refractivity contribution in [2.45, 2.75) is 26.5 Å². The summed E-state index contributed by atoms with van der Waals surface area (Å²) in [7, 11) is 0. The van der Waals surface area contributed by atoms with E-state index in [-0.39, 0.29) is 5.82 Å². The number of hydrogen-bond acceptors (Lipinski definition) is 2. The first-order valence-corrected chi connectivity index (χ1v) is 7.85. The summed E-state index contributed by atoms with van der Waals surface area (Å²) in [6.07, 6.45) is 1.04. The van der Waals surface area contributed by atoms with Crippen LogP contribution in [0.2, 0.25) is 0 Å². The first kappa shape index (κ1) is 16.0. The summed E-state index contributed by atoms with van der Waals surface area (Å²) in [5.41, 5.74) is 1.91. The molecule has 0 spiro atoms. The Kier molecular flexibility index (Phi) is 6.21. The van der Waals surface area contributed by atoms with Gasteiger partial charge in [-0.25, -0.2) is 4.39 Å². The molecule has 2 rings (SSSR count). The van der Waals surface area contributed by atoms with Gasteiger partial charge in [-0.3, -0.25) is 0 Å². The van der Waals surface area contributed by atoms with E-state index in [1.807, 2.05) is 24.3 Å². The first-order chi connectivity index (χ1) is 10.2. The third kappa shape index (κ3) is 4.83. The Morgan fingerprint density at radius 1 is 1.14 bits per heavy atom. The Morgan fingerprint density at radius 2 is 1.95 bits per heavy atom. The van der Waals surface area contributed by atoms with Crippen LogP contribution in [0.1, 0.15) is 24.5 Å². The number of benzene rings is 2. The van der Waals surface area contributed by atoms with Crippen LogP contribution in [0, 0.1) is 5.82 Å². The predicted octanol–water partition coefficient (Wildman–Crippen LogP) is 4.67. The third-order valence-corrected chi connectivity index (χ3v) is 3.88. The van der Waals surface area contributed by atoms with E-state index in [1.54, 1.807) is 6.07 Å². The van der Waals surface area contributed by atoms with Crippen molar-refractivity contribution in [3.05, 3.63) is 63.9 Å². The Bertz CT molecular complexity index is 589. The zero-order valence-corrected chi connectivity index (χ0v) is 13.6. The minimum atomic E-state index is -0.239. The van der Waals surface area contributed by atoms with E-state index in [9.17, 15) is 4.39 Å². The molecule has 0 fully saturated rings. The van der Waals surface area contributed by atoms with E-state index in [2.05, 4.69) is 28.2 Å². The van der Waals surface area contributed by atoms with Crippen molar-refractivity contribution in [2.75, 3.05) is 6.54 Å². The fraction of sp³-hybridized carbons (Fsp3) is 0.294. The van der Waals surface area contributed by atoms with E-state index in [1.165, 1.54) is 12.1 Å². The fourth-order valence-corrected chi connectivity index (χ4v) is 2.40. The monoisotopic (exact) mass is 351 g/mol. The first-order valence-electron chi connectivity index (χ1n) is 7.06. The maximum atomic E-state index is 13.4. The number of hydrogen-bond donors (Lipinski definition) is 1. The molecular weight excluding hydrogens is 333 g/mol. The zero-order valence-electron chi connectivity index (χ0n) is 12.0. The predicted molar refractivity (Wildman–Crippen MR) is 86.9 cm³/mol. The average molecular weight is 352 g/mol. The Hall–Kier alpha value is -1.39. The summed E-state index contributed by atoms with van der Waals surface area (Å²) < 4.78 is 20.3. The smallest absolute Gasteiger partial charge is 0.124 e. The Balaban J connectivity index is 2.06. The maximum absolute atomic E-state index is 13.4. The average Bonchev–Trinajstić information content (AvgIpc) is 2.48. The summed E-state index contributed by atoms with van der Waals surface area (Å²) in [5.74, 6) is 0.479. The summed E-state index contributed by atoms with van der Waals surface area (Å²) >= 11 is 3.50. The van der Waals surface area contributed by atoms with Crippen molar-refractivity contribution in [3.63, 3.8) is 0 Å². The van der Waals surface area contributed by atoms with Crippen LogP contribution in [-0.2, 0) is 13.2 Å². The van der Waals surface area contributed by atoms with Crippen molar-refractivity contribution < 1.29 is 9.13 Å². The van der Waals surface area contributed by atoms with Crippen molar-refractivity contribution in [2.24, 2.45) is 0 Å². The number of ether oxygens (including phenoxy) is 1. The molecule has 112 valence electrons. The molecule has 2 aromatic rings. The van der Waals surface area contributed by atoms with Gasteiger partial charge in [0.15, 0.2) is 0 Å². The summed E-state index contributed by atoms with van der Waals surface area (Å²) in [6.45, 7) is 4.06. The quantitative estimate of drug-likeness (QED) is 0.732. The minimum absolute atomic E-state index is 0.239. The summed E-state index contributed by atoms with van der Waals surface area (Å²) in [4.78, 5) is 0. The van der Waals surface area contributed by atoms with Gasteiger partial charge in [0.25, 0.3) is 0 Å². The van der Waals surface area contributed by atoms with E-state index in [0.29, 0.717) is 13.2 Å². The second kappa shape index (κ2) is 8.15. The molecule has 0 aliphatic carbocycles. The summed E-state index contributed by atoms with van der Waals surface area (Å²) in [5, 5.41) is 3.27. The van der Waals surface area contributed by atoms with Crippen molar-refractivity contribution >= 4 is 15.9 Å². The molecule has 2 nitrogen and oxygen atoms in total. The molecule has 1 N–H and O–H groups in total. The van der Waals surface area contributed by atoms with Crippen LogP contribution in [0.5, 0.6) is 5.75 Å². The SMILES string of the molecule is CCCNCc1cc(F)ccc1OCc1ccccc1Br. The van der Waals surface area contributed by atoms with Crippen molar-refractivity contribution in [1.29, 1.82) is 0 Å². The van der Waals surface area contributed by atoms with E-state index >= 15 is 0 Å². The lowest BCUT2D eigenvalue weighted by atomic mass is 10.2. The number of nitrogens with one attached hydrogen (secondary N) is 1. The molecule has 0 atom stereocenters. The molecule has 0 heterocycles. The van der Waals surface area contributed by atoms with Crippen LogP contribution in [0.3, 0.4) is 0 Å². The van der Waals surface area contributed by atoms with Gasteiger partial charge < -0.3 is 10.1 Å². The molecule has 0 aromatic heterocycles. The normalized spacial score (nSPS) is 10.6. The minimum Gasteiger partial charge on any atom is -0.489 e. The molecule has 0 saturated heterocycles. The highest BCUT2D eigenvalue weighted by atomic mass is 79.9.